The molecule has 0 spiro atoms. The van der Waals surface area contributed by atoms with Crippen LogP contribution in [0.25, 0.3) is 0 Å². The van der Waals surface area contributed by atoms with Gasteiger partial charge in [0.1, 0.15) is 0 Å². The number of ether oxygens (including phenoxy) is 1. The van der Waals surface area contributed by atoms with E-state index in [1.165, 1.54) is 96.3 Å². The molecule has 0 amide bonds. The van der Waals surface area contributed by atoms with Crippen LogP contribution in [0.5, 0.6) is 0 Å². The molecule has 2 heteroatoms. The standard InChI is InChI=1S/C32H62O2/c1-7-9-11-12-13-14-15-16-17-18-19-20-21-22-23-28(3)25-29(4)26-30(5)27-31(6)32(33)34-24-10-8-2/h14-15,28-31H,7-13,16-27H2,1-6H3. The molecule has 0 aromatic carbocycles. The maximum absolute atomic E-state index is 12.1. The van der Waals surface area contributed by atoms with Gasteiger partial charge in [-0.2, -0.15) is 0 Å². The second kappa shape index (κ2) is 23.9. The van der Waals surface area contributed by atoms with E-state index in [1.807, 2.05) is 6.92 Å². The molecule has 0 aliphatic carbocycles. The van der Waals surface area contributed by atoms with Crippen LogP contribution in [0.2, 0.25) is 0 Å². The summed E-state index contributed by atoms with van der Waals surface area (Å²) in [5.41, 5.74) is 0. The number of carbonyl (C=O) groups excluding carboxylic acids is 1. The molecule has 0 aromatic heterocycles. The molecule has 0 saturated heterocycles. The third-order valence-corrected chi connectivity index (χ3v) is 7.22. The van der Waals surface area contributed by atoms with Gasteiger partial charge in [-0.25, -0.2) is 0 Å². The normalized spacial score (nSPS) is 15.4. The van der Waals surface area contributed by atoms with Gasteiger partial charge in [0, 0.05) is 0 Å². The molecule has 0 N–H and O–H groups in total. The zero-order chi connectivity index (χ0) is 25.4. The van der Waals surface area contributed by atoms with Crippen LogP contribution in [0.1, 0.15) is 157 Å². The van der Waals surface area contributed by atoms with Crippen LogP contribution in [-0.4, -0.2) is 12.6 Å². The van der Waals surface area contributed by atoms with Crippen LogP contribution < -0.4 is 0 Å². The molecule has 202 valence electrons. The summed E-state index contributed by atoms with van der Waals surface area (Å²) in [6, 6.07) is 0. The van der Waals surface area contributed by atoms with Crippen molar-refractivity contribution < 1.29 is 9.53 Å². The van der Waals surface area contributed by atoms with Gasteiger partial charge >= 0.3 is 5.97 Å². The minimum absolute atomic E-state index is 0.00408. The van der Waals surface area contributed by atoms with Crippen molar-refractivity contribution in [3.05, 3.63) is 12.2 Å². The highest BCUT2D eigenvalue weighted by Crippen LogP contribution is 2.26. The lowest BCUT2D eigenvalue weighted by Crippen LogP contribution is -2.19. The van der Waals surface area contributed by atoms with E-state index in [4.69, 9.17) is 4.74 Å². The predicted octanol–water partition coefficient (Wildman–Crippen LogP) is 10.7. The van der Waals surface area contributed by atoms with Gasteiger partial charge in [0.05, 0.1) is 12.5 Å². The Bertz CT molecular complexity index is 470. The van der Waals surface area contributed by atoms with Gasteiger partial charge in [-0.05, 0) is 69.1 Å². The maximum atomic E-state index is 12.1. The first-order chi connectivity index (χ1) is 16.4. The number of allylic oxidation sites excluding steroid dienone is 2. The highest BCUT2D eigenvalue weighted by molar-refractivity contribution is 5.71. The Labute approximate surface area is 215 Å². The van der Waals surface area contributed by atoms with Gasteiger partial charge in [-0.3, -0.25) is 4.79 Å². The van der Waals surface area contributed by atoms with E-state index in [2.05, 4.69) is 46.8 Å². The quantitative estimate of drug-likeness (QED) is 0.0783. The fourth-order valence-electron chi connectivity index (χ4n) is 5.23. The molecule has 0 fully saturated rings. The molecule has 0 saturated carbocycles. The lowest BCUT2D eigenvalue weighted by Gasteiger charge is -2.22. The number of carbonyl (C=O) groups is 1. The Balaban J connectivity index is 3.66. The van der Waals surface area contributed by atoms with Gasteiger partial charge in [-0.15, -0.1) is 0 Å². The molecule has 0 aliphatic heterocycles. The summed E-state index contributed by atoms with van der Waals surface area (Å²) in [5, 5.41) is 0. The summed E-state index contributed by atoms with van der Waals surface area (Å²) in [6.07, 6.45) is 28.2. The third-order valence-electron chi connectivity index (χ3n) is 7.22. The Kier molecular flexibility index (Phi) is 23.4. The largest absolute Gasteiger partial charge is 0.465 e. The molecular formula is C32H62O2. The number of hydrogen-bond acceptors (Lipinski definition) is 2. The van der Waals surface area contributed by atoms with Crippen molar-refractivity contribution in [3.63, 3.8) is 0 Å². The molecule has 0 radical (unpaired) electrons. The molecule has 0 bridgehead atoms. The van der Waals surface area contributed by atoms with Gasteiger partial charge in [0.2, 0.25) is 0 Å². The van der Waals surface area contributed by atoms with Crippen LogP contribution >= 0.6 is 0 Å². The lowest BCUT2D eigenvalue weighted by molar-refractivity contribution is -0.148. The molecule has 0 aromatic rings. The van der Waals surface area contributed by atoms with Crippen molar-refractivity contribution in [2.45, 2.75) is 157 Å². The van der Waals surface area contributed by atoms with Gasteiger partial charge in [0.25, 0.3) is 0 Å². The number of hydrogen-bond donors (Lipinski definition) is 0. The fourth-order valence-corrected chi connectivity index (χ4v) is 5.23. The average molecular weight is 479 g/mol. The van der Waals surface area contributed by atoms with E-state index in [1.54, 1.807) is 0 Å². The van der Waals surface area contributed by atoms with Crippen molar-refractivity contribution in [1.82, 2.24) is 0 Å². The molecular weight excluding hydrogens is 416 g/mol. The van der Waals surface area contributed by atoms with Crippen molar-refractivity contribution in [1.29, 1.82) is 0 Å². The molecule has 0 rings (SSSR count). The zero-order valence-corrected chi connectivity index (χ0v) is 24.2. The minimum atomic E-state index is -0.00408. The van der Waals surface area contributed by atoms with Crippen LogP contribution in [0.3, 0.4) is 0 Å². The molecule has 0 heterocycles. The molecule has 4 unspecified atom stereocenters. The Morgan fingerprint density at radius 2 is 1.12 bits per heavy atom. The van der Waals surface area contributed by atoms with Gasteiger partial charge in [0.15, 0.2) is 0 Å². The first-order valence-electron chi connectivity index (χ1n) is 15.2. The monoisotopic (exact) mass is 478 g/mol. The first kappa shape index (κ1) is 33.2. The zero-order valence-electron chi connectivity index (χ0n) is 24.2. The summed E-state index contributed by atoms with van der Waals surface area (Å²) in [5.74, 6) is 2.18. The van der Waals surface area contributed by atoms with E-state index < -0.39 is 0 Å². The van der Waals surface area contributed by atoms with Crippen molar-refractivity contribution in [2.24, 2.45) is 23.7 Å². The van der Waals surface area contributed by atoms with Gasteiger partial charge in [-0.1, -0.05) is 118 Å². The molecule has 34 heavy (non-hydrogen) atoms. The van der Waals surface area contributed by atoms with Crippen molar-refractivity contribution >= 4 is 5.97 Å². The summed E-state index contributed by atoms with van der Waals surface area (Å²) >= 11 is 0. The predicted molar refractivity (Wildman–Crippen MR) is 151 cm³/mol. The Hall–Kier alpha value is -0.790. The van der Waals surface area contributed by atoms with E-state index in [0.717, 1.165) is 31.1 Å². The second-order valence-electron chi connectivity index (χ2n) is 11.5. The average Bonchev–Trinajstić information content (AvgIpc) is 2.79. The molecule has 2 nitrogen and oxygen atoms in total. The number of rotatable bonds is 24. The summed E-state index contributed by atoms with van der Waals surface area (Å²) in [7, 11) is 0. The molecule has 0 aliphatic rings. The van der Waals surface area contributed by atoms with Crippen LogP contribution in [0.15, 0.2) is 12.2 Å². The van der Waals surface area contributed by atoms with E-state index in [-0.39, 0.29) is 11.9 Å². The SMILES string of the molecule is CCCCCCC=CCCCCCCCCC(C)CC(C)CC(C)CC(C)C(=O)OCCCC. The highest BCUT2D eigenvalue weighted by atomic mass is 16.5. The van der Waals surface area contributed by atoms with E-state index in [0.29, 0.717) is 12.5 Å². The third kappa shape index (κ3) is 21.7. The van der Waals surface area contributed by atoms with E-state index >= 15 is 0 Å². The number of esters is 1. The number of unbranched alkanes of at least 4 members (excludes halogenated alkanes) is 11. The summed E-state index contributed by atoms with van der Waals surface area (Å²) < 4.78 is 5.39. The smallest absolute Gasteiger partial charge is 0.308 e. The van der Waals surface area contributed by atoms with Crippen LogP contribution in [0.4, 0.5) is 0 Å². The fraction of sp³-hybridized carbons (Fsp3) is 0.906. The Morgan fingerprint density at radius 1 is 0.618 bits per heavy atom. The summed E-state index contributed by atoms with van der Waals surface area (Å²) in [6.45, 7) is 14.2. The maximum Gasteiger partial charge on any atom is 0.308 e. The topological polar surface area (TPSA) is 26.3 Å². The van der Waals surface area contributed by atoms with Gasteiger partial charge < -0.3 is 4.74 Å². The second-order valence-corrected chi connectivity index (χ2v) is 11.5. The first-order valence-corrected chi connectivity index (χ1v) is 15.2. The lowest BCUT2D eigenvalue weighted by atomic mass is 9.84. The van der Waals surface area contributed by atoms with Crippen LogP contribution in [0, 0.1) is 23.7 Å². The van der Waals surface area contributed by atoms with Crippen molar-refractivity contribution in [3.8, 4) is 0 Å². The van der Waals surface area contributed by atoms with E-state index in [9.17, 15) is 4.79 Å². The summed E-state index contributed by atoms with van der Waals surface area (Å²) in [4.78, 5) is 12.1. The van der Waals surface area contributed by atoms with Crippen molar-refractivity contribution in [2.75, 3.05) is 6.61 Å². The van der Waals surface area contributed by atoms with Crippen LogP contribution in [-0.2, 0) is 9.53 Å². The minimum Gasteiger partial charge on any atom is -0.465 e. The Morgan fingerprint density at radius 3 is 1.74 bits per heavy atom. The highest BCUT2D eigenvalue weighted by Gasteiger charge is 2.20. The molecule has 4 atom stereocenters.